The topological polar surface area (TPSA) is 68.8 Å². The van der Waals surface area contributed by atoms with Gasteiger partial charge in [0.15, 0.2) is 0 Å². The van der Waals surface area contributed by atoms with Crippen LogP contribution in [0, 0.1) is 13.8 Å². The van der Waals surface area contributed by atoms with Crippen molar-refractivity contribution in [1.29, 1.82) is 0 Å². The van der Waals surface area contributed by atoms with Crippen molar-refractivity contribution in [3.63, 3.8) is 0 Å². The van der Waals surface area contributed by atoms with E-state index in [2.05, 4.69) is 22.4 Å². The van der Waals surface area contributed by atoms with Gasteiger partial charge in [-0.3, -0.25) is 20.9 Å². The number of hydrazine groups is 1. The van der Waals surface area contributed by atoms with Gasteiger partial charge in [-0.15, -0.1) is 0 Å². The van der Waals surface area contributed by atoms with E-state index in [1.807, 2.05) is 24.7 Å². The van der Waals surface area contributed by atoms with E-state index < -0.39 is 0 Å². The molecule has 0 aliphatic rings. The molecule has 3 N–H and O–H groups in total. The average Bonchev–Trinajstić information content (AvgIpc) is 2.66. The minimum absolute atomic E-state index is 0.108. The third-order valence-corrected chi connectivity index (χ3v) is 4.01. The fourth-order valence-electron chi connectivity index (χ4n) is 2.38. The second kappa shape index (κ2) is 6.35. The molecular weight excluding hydrogens is 274 g/mol. The zero-order valence-electron chi connectivity index (χ0n) is 12.0. The molecular formula is C14H20ClN5. The molecule has 1 unspecified atom stereocenters. The molecule has 2 aromatic rings. The number of rotatable bonds is 5. The molecule has 6 heteroatoms. The molecule has 0 fully saturated rings. The standard InChI is InChI=1S/C14H20ClN5/c1-9-13(10(2)20(3)19-9)7-12(18-16)6-11-4-5-17-8-14(11)15/h4-5,8,12,18H,6-7,16H2,1-3H3. The third kappa shape index (κ3) is 3.17. The van der Waals surface area contributed by atoms with E-state index in [1.54, 1.807) is 12.4 Å². The molecule has 0 aromatic carbocycles. The molecule has 1 atom stereocenters. The van der Waals surface area contributed by atoms with Crippen LogP contribution in [0.3, 0.4) is 0 Å². The fraction of sp³-hybridized carbons (Fsp3) is 0.429. The molecule has 0 saturated heterocycles. The lowest BCUT2D eigenvalue weighted by molar-refractivity contribution is 0.520. The molecule has 0 aliphatic carbocycles. The van der Waals surface area contributed by atoms with Gasteiger partial charge < -0.3 is 0 Å². The SMILES string of the molecule is Cc1nn(C)c(C)c1CC(Cc1ccncc1Cl)NN. The number of hydrogen-bond donors (Lipinski definition) is 2. The molecule has 0 amide bonds. The Morgan fingerprint density at radius 3 is 2.70 bits per heavy atom. The van der Waals surface area contributed by atoms with E-state index in [0.717, 1.165) is 24.1 Å². The third-order valence-electron chi connectivity index (χ3n) is 3.67. The van der Waals surface area contributed by atoms with Crippen LogP contribution in [0.25, 0.3) is 0 Å². The fourth-order valence-corrected chi connectivity index (χ4v) is 2.58. The number of hydrogen-bond acceptors (Lipinski definition) is 4. The van der Waals surface area contributed by atoms with Crippen molar-refractivity contribution in [2.24, 2.45) is 12.9 Å². The van der Waals surface area contributed by atoms with E-state index in [9.17, 15) is 0 Å². The summed E-state index contributed by atoms with van der Waals surface area (Å²) < 4.78 is 1.90. The van der Waals surface area contributed by atoms with Gasteiger partial charge in [0.25, 0.3) is 0 Å². The first-order chi connectivity index (χ1) is 9.52. The van der Waals surface area contributed by atoms with Crippen molar-refractivity contribution in [2.75, 3.05) is 0 Å². The molecule has 0 radical (unpaired) electrons. The maximum absolute atomic E-state index is 6.15. The van der Waals surface area contributed by atoms with E-state index in [-0.39, 0.29) is 6.04 Å². The number of pyridine rings is 1. The van der Waals surface area contributed by atoms with Crippen LogP contribution in [0.5, 0.6) is 0 Å². The Bertz CT molecular complexity index is 593. The Kier molecular flexibility index (Phi) is 4.75. The van der Waals surface area contributed by atoms with E-state index >= 15 is 0 Å². The predicted molar refractivity (Wildman–Crippen MR) is 80.4 cm³/mol. The average molecular weight is 294 g/mol. The molecule has 0 spiro atoms. The second-order valence-corrected chi connectivity index (χ2v) is 5.42. The first kappa shape index (κ1) is 15.0. The zero-order valence-corrected chi connectivity index (χ0v) is 12.8. The largest absolute Gasteiger partial charge is 0.272 e. The molecule has 2 heterocycles. The Hall–Kier alpha value is -1.43. The van der Waals surface area contributed by atoms with Gasteiger partial charge in [0.1, 0.15) is 0 Å². The van der Waals surface area contributed by atoms with Gasteiger partial charge in [0.2, 0.25) is 0 Å². The highest BCUT2D eigenvalue weighted by molar-refractivity contribution is 6.31. The van der Waals surface area contributed by atoms with Crippen LogP contribution in [-0.4, -0.2) is 20.8 Å². The molecule has 0 saturated carbocycles. The molecule has 2 aromatic heterocycles. The number of nitrogens with two attached hydrogens (primary N) is 1. The first-order valence-electron chi connectivity index (χ1n) is 6.56. The van der Waals surface area contributed by atoms with E-state index in [1.165, 1.54) is 11.3 Å². The summed E-state index contributed by atoms with van der Waals surface area (Å²) in [6.07, 6.45) is 4.98. The van der Waals surface area contributed by atoms with Gasteiger partial charge in [-0.1, -0.05) is 11.6 Å². The monoisotopic (exact) mass is 293 g/mol. The Balaban J connectivity index is 2.15. The summed E-state index contributed by atoms with van der Waals surface area (Å²) in [4.78, 5) is 4.00. The summed E-state index contributed by atoms with van der Waals surface area (Å²) in [5, 5.41) is 5.11. The smallest absolute Gasteiger partial charge is 0.0628 e. The minimum Gasteiger partial charge on any atom is -0.272 e. The van der Waals surface area contributed by atoms with Gasteiger partial charge >= 0.3 is 0 Å². The molecule has 2 rings (SSSR count). The van der Waals surface area contributed by atoms with Gasteiger partial charge in [0.05, 0.1) is 10.7 Å². The van der Waals surface area contributed by atoms with Crippen molar-refractivity contribution in [3.05, 3.63) is 46.0 Å². The lowest BCUT2D eigenvalue weighted by Crippen LogP contribution is -2.38. The minimum atomic E-state index is 0.108. The maximum Gasteiger partial charge on any atom is 0.0628 e. The Morgan fingerprint density at radius 2 is 2.15 bits per heavy atom. The van der Waals surface area contributed by atoms with Crippen molar-refractivity contribution in [3.8, 4) is 0 Å². The molecule has 5 nitrogen and oxygen atoms in total. The van der Waals surface area contributed by atoms with Gasteiger partial charge in [-0.25, -0.2) is 0 Å². The lowest BCUT2D eigenvalue weighted by Gasteiger charge is -2.17. The highest BCUT2D eigenvalue weighted by Crippen LogP contribution is 2.19. The second-order valence-electron chi connectivity index (χ2n) is 5.01. The predicted octanol–water partition coefficient (Wildman–Crippen LogP) is 1.70. The number of halogens is 1. The number of nitrogens with one attached hydrogen (secondary N) is 1. The van der Waals surface area contributed by atoms with Crippen molar-refractivity contribution < 1.29 is 0 Å². The van der Waals surface area contributed by atoms with Gasteiger partial charge in [-0.05, 0) is 43.9 Å². The highest BCUT2D eigenvalue weighted by Gasteiger charge is 2.16. The Labute approximate surface area is 124 Å². The lowest BCUT2D eigenvalue weighted by atomic mass is 9.99. The Morgan fingerprint density at radius 1 is 1.40 bits per heavy atom. The summed E-state index contributed by atoms with van der Waals surface area (Å²) in [5.74, 6) is 5.69. The number of nitrogens with zero attached hydrogens (tertiary/aromatic N) is 3. The molecule has 20 heavy (non-hydrogen) atoms. The molecule has 0 bridgehead atoms. The van der Waals surface area contributed by atoms with Gasteiger partial charge in [0, 0.05) is 31.2 Å². The normalized spacial score (nSPS) is 12.7. The van der Waals surface area contributed by atoms with Crippen molar-refractivity contribution in [2.45, 2.75) is 32.7 Å². The van der Waals surface area contributed by atoms with Crippen LogP contribution in [0.4, 0.5) is 0 Å². The van der Waals surface area contributed by atoms with Crippen LogP contribution >= 0.6 is 11.6 Å². The van der Waals surface area contributed by atoms with Gasteiger partial charge in [-0.2, -0.15) is 5.10 Å². The summed E-state index contributed by atoms with van der Waals surface area (Å²) in [5.41, 5.74) is 7.37. The first-order valence-corrected chi connectivity index (χ1v) is 6.94. The van der Waals surface area contributed by atoms with Crippen molar-refractivity contribution >= 4 is 11.6 Å². The van der Waals surface area contributed by atoms with E-state index in [4.69, 9.17) is 17.4 Å². The van der Waals surface area contributed by atoms with Crippen LogP contribution in [0.1, 0.15) is 22.5 Å². The van der Waals surface area contributed by atoms with Crippen molar-refractivity contribution in [1.82, 2.24) is 20.2 Å². The highest BCUT2D eigenvalue weighted by atomic mass is 35.5. The van der Waals surface area contributed by atoms with Crippen LogP contribution in [0.15, 0.2) is 18.5 Å². The zero-order chi connectivity index (χ0) is 14.7. The maximum atomic E-state index is 6.15. The summed E-state index contributed by atoms with van der Waals surface area (Å²) >= 11 is 6.15. The number of aromatic nitrogens is 3. The van der Waals surface area contributed by atoms with E-state index in [0.29, 0.717) is 5.02 Å². The molecule has 0 aliphatic heterocycles. The summed E-state index contributed by atoms with van der Waals surface area (Å²) in [6.45, 7) is 4.09. The van der Waals surface area contributed by atoms with Crippen LogP contribution in [-0.2, 0) is 19.9 Å². The van der Waals surface area contributed by atoms with Crippen LogP contribution in [0.2, 0.25) is 5.02 Å². The molecule has 108 valence electrons. The summed E-state index contributed by atoms with van der Waals surface area (Å²) in [7, 11) is 1.95. The number of aryl methyl sites for hydroxylation is 2. The summed E-state index contributed by atoms with van der Waals surface area (Å²) in [6, 6.07) is 2.03. The van der Waals surface area contributed by atoms with Crippen LogP contribution < -0.4 is 11.3 Å². The quantitative estimate of drug-likeness (QED) is 0.650.